The summed E-state index contributed by atoms with van der Waals surface area (Å²) in [5.41, 5.74) is 4.73. The molecule has 0 unspecified atom stereocenters. The van der Waals surface area contributed by atoms with Crippen LogP contribution in [0.5, 0.6) is 5.75 Å². The van der Waals surface area contributed by atoms with E-state index in [4.69, 9.17) is 0 Å². The summed E-state index contributed by atoms with van der Waals surface area (Å²) < 4.78 is -0.752. The van der Waals surface area contributed by atoms with Gasteiger partial charge in [-0.2, -0.15) is 0 Å². The highest BCUT2D eigenvalue weighted by Gasteiger charge is 2.67. The average molecular weight is 446 g/mol. The zero-order valence-electron chi connectivity index (χ0n) is 15.2. The van der Waals surface area contributed by atoms with Crippen LogP contribution in [0.2, 0.25) is 0 Å². The van der Waals surface area contributed by atoms with Crippen LogP contribution in [-0.2, 0) is 13.9 Å². The number of phenolic OH excluding ortho intramolecular Hbond substituents is 1. The summed E-state index contributed by atoms with van der Waals surface area (Å²) in [7, 11) is 0. The number of hydrogen-bond acceptors (Lipinski definition) is 3. The van der Waals surface area contributed by atoms with Crippen LogP contribution < -0.4 is 4.90 Å². The monoisotopic (exact) mass is 445 g/mol. The van der Waals surface area contributed by atoms with E-state index in [9.17, 15) is 14.7 Å². The fourth-order valence-electron chi connectivity index (χ4n) is 5.57. The Morgan fingerprint density at radius 1 is 0.828 bits per heavy atom. The zero-order valence-corrected chi connectivity index (χ0v) is 16.8. The second-order valence-corrected chi connectivity index (χ2v) is 9.15. The number of anilines is 1. The van der Waals surface area contributed by atoms with Gasteiger partial charge < -0.3 is 5.11 Å². The van der Waals surface area contributed by atoms with E-state index in [1.54, 1.807) is 12.1 Å². The van der Waals surface area contributed by atoms with Crippen molar-refractivity contribution in [2.24, 2.45) is 11.8 Å². The number of nitrogens with zero attached hydrogens (tertiary/aromatic N) is 1. The topological polar surface area (TPSA) is 57.6 Å². The van der Waals surface area contributed by atoms with Gasteiger partial charge >= 0.3 is 0 Å². The standard InChI is InChI=1S/C24H16BrNO3/c25-24-17-10-3-1-8-15(17)19(16-9-2-4-11-18(16)24)20-21(24)23(29)26(22(20)28)13-6-5-7-14(27)12-13/h1-12,19-21,27H/t19?,20-,21+,24?/m0/s1. The molecule has 142 valence electrons. The van der Waals surface area contributed by atoms with Crippen molar-refractivity contribution in [3.8, 4) is 5.75 Å². The van der Waals surface area contributed by atoms with Crippen molar-refractivity contribution in [1.29, 1.82) is 0 Å². The molecule has 1 fully saturated rings. The molecule has 2 atom stereocenters. The lowest BCUT2D eigenvalue weighted by Crippen LogP contribution is -2.50. The normalized spacial score (nSPS) is 28.9. The SMILES string of the molecule is O=C1[C@H]2C3c4ccccc4C(Br)(c4ccccc43)[C@H]2C(=O)N1c1cccc(O)c1. The van der Waals surface area contributed by atoms with E-state index in [2.05, 4.69) is 40.2 Å². The van der Waals surface area contributed by atoms with E-state index >= 15 is 0 Å². The molecule has 3 aliphatic carbocycles. The van der Waals surface area contributed by atoms with Gasteiger partial charge in [0.05, 0.1) is 21.8 Å². The van der Waals surface area contributed by atoms with Gasteiger partial charge in [0.25, 0.3) is 0 Å². The first kappa shape index (κ1) is 17.0. The van der Waals surface area contributed by atoms with Gasteiger partial charge in [0.15, 0.2) is 0 Å². The van der Waals surface area contributed by atoms with Crippen molar-refractivity contribution in [3.05, 3.63) is 95.1 Å². The van der Waals surface area contributed by atoms with Crippen molar-refractivity contribution in [1.82, 2.24) is 0 Å². The number of halogens is 1. The molecule has 29 heavy (non-hydrogen) atoms. The maximum absolute atomic E-state index is 13.7. The third-order valence-electron chi connectivity index (χ3n) is 6.60. The quantitative estimate of drug-likeness (QED) is 0.448. The number of amides is 2. The Labute approximate surface area is 175 Å². The van der Waals surface area contributed by atoms with Gasteiger partial charge in [-0.25, -0.2) is 4.90 Å². The Hall–Kier alpha value is -2.92. The van der Waals surface area contributed by atoms with Gasteiger partial charge in [-0.15, -0.1) is 0 Å². The molecule has 2 bridgehead atoms. The summed E-state index contributed by atoms with van der Waals surface area (Å²) in [4.78, 5) is 28.5. The average Bonchev–Trinajstić information content (AvgIpc) is 3.00. The number of benzene rings is 3. The number of phenols is 1. The molecule has 4 aliphatic rings. The van der Waals surface area contributed by atoms with Crippen LogP contribution in [0, 0.1) is 11.8 Å². The van der Waals surface area contributed by atoms with Crippen LogP contribution in [0.15, 0.2) is 72.8 Å². The fraction of sp³-hybridized carbons (Fsp3) is 0.167. The Kier molecular flexibility index (Phi) is 3.26. The number of carbonyl (C=O) groups is 2. The minimum Gasteiger partial charge on any atom is -0.508 e. The molecule has 4 nitrogen and oxygen atoms in total. The number of aromatic hydroxyl groups is 1. The van der Waals surface area contributed by atoms with Crippen LogP contribution in [0.3, 0.4) is 0 Å². The molecule has 2 amide bonds. The van der Waals surface area contributed by atoms with E-state index in [1.165, 1.54) is 17.0 Å². The summed E-state index contributed by atoms with van der Waals surface area (Å²) in [6.07, 6.45) is 0. The van der Waals surface area contributed by atoms with Crippen molar-refractivity contribution >= 4 is 33.4 Å². The lowest BCUT2D eigenvalue weighted by atomic mass is 9.55. The van der Waals surface area contributed by atoms with E-state index < -0.39 is 16.2 Å². The predicted molar refractivity (Wildman–Crippen MR) is 112 cm³/mol. The number of rotatable bonds is 1. The summed E-state index contributed by atoms with van der Waals surface area (Å²) in [5, 5.41) is 9.90. The molecule has 1 saturated heterocycles. The molecular weight excluding hydrogens is 430 g/mol. The Bertz CT molecular complexity index is 1170. The molecule has 1 heterocycles. The third kappa shape index (κ3) is 1.94. The lowest BCUT2D eigenvalue weighted by molar-refractivity contribution is -0.122. The van der Waals surface area contributed by atoms with Crippen molar-refractivity contribution < 1.29 is 14.7 Å². The fourth-order valence-corrected chi connectivity index (χ4v) is 6.77. The van der Waals surface area contributed by atoms with Crippen molar-refractivity contribution in [2.75, 3.05) is 4.90 Å². The first-order valence-electron chi connectivity index (χ1n) is 9.58. The zero-order chi connectivity index (χ0) is 19.9. The largest absolute Gasteiger partial charge is 0.508 e. The van der Waals surface area contributed by atoms with Crippen LogP contribution in [0.25, 0.3) is 0 Å². The summed E-state index contributed by atoms with van der Waals surface area (Å²) in [5.74, 6) is -1.58. The second kappa shape index (κ2) is 5.57. The van der Waals surface area contributed by atoms with Crippen LogP contribution >= 0.6 is 15.9 Å². The molecule has 7 rings (SSSR count). The lowest BCUT2D eigenvalue weighted by Gasteiger charge is -2.51. The second-order valence-electron chi connectivity index (χ2n) is 7.90. The number of carbonyl (C=O) groups excluding carboxylic acids is 2. The molecule has 1 aliphatic heterocycles. The maximum atomic E-state index is 13.7. The third-order valence-corrected chi connectivity index (χ3v) is 7.95. The first-order chi connectivity index (χ1) is 14.0. The highest BCUT2D eigenvalue weighted by Crippen LogP contribution is 2.66. The number of hydrogen-bond donors (Lipinski definition) is 1. The molecule has 1 N–H and O–H groups in total. The molecule has 0 aromatic heterocycles. The minimum atomic E-state index is -0.752. The van der Waals surface area contributed by atoms with Gasteiger partial charge in [-0.3, -0.25) is 9.59 Å². The van der Waals surface area contributed by atoms with Gasteiger partial charge in [0.2, 0.25) is 11.8 Å². The Morgan fingerprint density at radius 2 is 1.45 bits per heavy atom. The summed E-state index contributed by atoms with van der Waals surface area (Å²) >= 11 is 3.97. The Balaban J connectivity index is 1.63. The Morgan fingerprint density at radius 3 is 2.07 bits per heavy atom. The number of imide groups is 1. The van der Waals surface area contributed by atoms with E-state index in [0.29, 0.717) is 5.69 Å². The molecule has 5 heteroatoms. The van der Waals surface area contributed by atoms with Gasteiger partial charge in [0.1, 0.15) is 5.75 Å². The van der Waals surface area contributed by atoms with E-state index in [1.807, 2.05) is 24.3 Å². The van der Waals surface area contributed by atoms with Gasteiger partial charge in [-0.1, -0.05) is 70.5 Å². The van der Waals surface area contributed by atoms with Crippen LogP contribution in [0.1, 0.15) is 28.2 Å². The molecule has 0 saturated carbocycles. The highest BCUT2D eigenvalue weighted by molar-refractivity contribution is 9.09. The number of alkyl halides is 1. The van der Waals surface area contributed by atoms with E-state index in [0.717, 1.165) is 22.3 Å². The smallest absolute Gasteiger partial charge is 0.239 e. The predicted octanol–water partition coefficient (Wildman–Crippen LogP) is 4.30. The molecular formula is C24H16BrNO3. The molecule has 3 aromatic carbocycles. The maximum Gasteiger partial charge on any atom is 0.239 e. The summed E-state index contributed by atoms with van der Waals surface area (Å²) in [6.45, 7) is 0. The first-order valence-corrected chi connectivity index (χ1v) is 10.4. The van der Waals surface area contributed by atoms with E-state index in [-0.39, 0.29) is 23.5 Å². The highest BCUT2D eigenvalue weighted by atomic mass is 79.9. The van der Waals surface area contributed by atoms with Crippen LogP contribution in [-0.4, -0.2) is 16.9 Å². The van der Waals surface area contributed by atoms with Gasteiger partial charge in [0, 0.05) is 12.0 Å². The summed E-state index contributed by atoms with van der Waals surface area (Å²) in [6, 6.07) is 22.5. The van der Waals surface area contributed by atoms with Crippen molar-refractivity contribution in [3.63, 3.8) is 0 Å². The molecule has 3 aromatic rings. The molecule has 0 spiro atoms. The van der Waals surface area contributed by atoms with Crippen LogP contribution in [0.4, 0.5) is 5.69 Å². The minimum absolute atomic E-state index is 0.0288. The van der Waals surface area contributed by atoms with Gasteiger partial charge in [-0.05, 0) is 34.4 Å². The van der Waals surface area contributed by atoms with Crippen molar-refractivity contribution in [2.45, 2.75) is 10.2 Å². The molecule has 0 radical (unpaired) electrons.